The molecule has 2 atom stereocenters. The van der Waals surface area contributed by atoms with Crippen molar-refractivity contribution in [3.63, 3.8) is 0 Å². The minimum Gasteiger partial charge on any atom is -0.376 e. The first kappa shape index (κ1) is 21.2. The van der Waals surface area contributed by atoms with Crippen LogP contribution in [0.5, 0.6) is 0 Å². The van der Waals surface area contributed by atoms with Gasteiger partial charge in [0.15, 0.2) is 5.82 Å². The van der Waals surface area contributed by atoms with Gasteiger partial charge in [0.2, 0.25) is 0 Å². The summed E-state index contributed by atoms with van der Waals surface area (Å²) >= 11 is 0. The summed E-state index contributed by atoms with van der Waals surface area (Å²) in [4.78, 5) is 5.11. The predicted octanol–water partition coefficient (Wildman–Crippen LogP) is 3.38. The topological polar surface area (TPSA) is 59.3 Å². The Kier molecular flexibility index (Phi) is 6.68. The molecule has 4 rings (SSSR count). The number of ether oxygens (including phenoxy) is 1. The van der Waals surface area contributed by atoms with Gasteiger partial charge in [-0.1, -0.05) is 26.0 Å². The van der Waals surface area contributed by atoms with Crippen LogP contribution in [0.1, 0.15) is 56.1 Å². The van der Waals surface area contributed by atoms with Gasteiger partial charge in [0.05, 0.1) is 18.7 Å². The zero-order valence-corrected chi connectivity index (χ0v) is 18.9. The smallest absolute Gasteiger partial charge is 0.168 e. The molecule has 0 spiro atoms. The third-order valence-electron chi connectivity index (χ3n) is 6.41. The summed E-state index contributed by atoms with van der Waals surface area (Å²) in [6.45, 7) is 14.7. The number of piperazine rings is 1. The molecule has 30 heavy (non-hydrogen) atoms. The zero-order chi connectivity index (χ0) is 21.1. The predicted molar refractivity (Wildman–Crippen MR) is 119 cm³/mol. The number of hydrogen-bond acceptors (Lipinski definition) is 6. The highest BCUT2D eigenvalue weighted by atomic mass is 16.5. The lowest BCUT2D eigenvalue weighted by molar-refractivity contribution is 0.0885. The monoisotopic (exact) mass is 412 g/mol. The third kappa shape index (κ3) is 4.83. The molecule has 0 amide bonds. The van der Waals surface area contributed by atoms with Crippen molar-refractivity contribution in [3.05, 3.63) is 35.2 Å². The van der Waals surface area contributed by atoms with Crippen molar-refractivity contribution in [2.24, 2.45) is 5.92 Å². The number of tetrazole rings is 1. The minimum atomic E-state index is 0.244. The highest BCUT2D eigenvalue weighted by Gasteiger charge is 2.31. The van der Waals surface area contributed by atoms with E-state index in [1.807, 2.05) is 4.68 Å². The molecule has 164 valence electrons. The molecule has 2 fully saturated rings. The molecule has 0 bridgehead atoms. The number of aromatic nitrogens is 4. The van der Waals surface area contributed by atoms with Gasteiger partial charge in [0.1, 0.15) is 0 Å². The van der Waals surface area contributed by atoms with Crippen LogP contribution in [0.25, 0.3) is 0 Å². The van der Waals surface area contributed by atoms with E-state index in [9.17, 15) is 0 Å². The molecule has 3 heterocycles. The fourth-order valence-corrected chi connectivity index (χ4v) is 4.76. The summed E-state index contributed by atoms with van der Waals surface area (Å²) in [5.41, 5.74) is 4.05. The van der Waals surface area contributed by atoms with Crippen LogP contribution in [0.3, 0.4) is 0 Å². The van der Waals surface area contributed by atoms with Gasteiger partial charge in [-0.15, -0.1) is 5.10 Å². The van der Waals surface area contributed by atoms with Crippen molar-refractivity contribution in [1.82, 2.24) is 25.1 Å². The highest BCUT2D eigenvalue weighted by molar-refractivity contribution is 5.55. The zero-order valence-electron chi connectivity index (χ0n) is 18.9. The fourth-order valence-electron chi connectivity index (χ4n) is 4.76. The van der Waals surface area contributed by atoms with Crippen LogP contribution in [0.2, 0.25) is 0 Å². The Morgan fingerprint density at radius 2 is 1.93 bits per heavy atom. The van der Waals surface area contributed by atoms with Gasteiger partial charge in [-0.3, -0.25) is 4.90 Å². The van der Waals surface area contributed by atoms with Crippen molar-refractivity contribution in [2.75, 3.05) is 37.7 Å². The number of nitrogens with zero attached hydrogens (tertiary/aromatic N) is 6. The molecular weight excluding hydrogens is 376 g/mol. The van der Waals surface area contributed by atoms with E-state index in [1.165, 1.54) is 16.8 Å². The second-order valence-corrected chi connectivity index (χ2v) is 9.31. The van der Waals surface area contributed by atoms with Gasteiger partial charge in [-0.25, -0.2) is 4.68 Å². The van der Waals surface area contributed by atoms with E-state index in [2.05, 4.69) is 71.2 Å². The van der Waals surface area contributed by atoms with E-state index >= 15 is 0 Å². The summed E-state index contributed by atoms with van der Waals surface area (Å²) in [7, 11) is 0. The average Bonchev–Trinajstić information content (AvgIpc) is 3.41. The summed E-state index contributed by atoms with van der Waals surface area (Å²) in [5.74, 6) is 1.58. The molecule has 2 aromatic rings. The van der Waals surface area contributed by atoms with Gasteiger partial charge in [-0.2, -0.15) is 0 Å². The minimum absolute atomic E-state index is 0.244. The van der Waals surface area contributed by atoms with E-state index in [0.717, 1.165) is 64.4 Å². The van der Waals surface area contributed by atoms with Crippen LogP contribution in [-0.4, -0.2) is 64.0 Å². The van der Waals surface area contributed by atoms with Gasteiger partial charge in [0.25, 0.3) is 0 Å². The summed E-state index contributed by atoms with van der Waals surface area (Å²) in [6, 6.07) is 7.00. The second-order valence-electron chi connectivity index (χ2n) is 9.31. The number of aryl methyl sites for hydroxylation is 2. The first-order valence-electron chi connectivity index (χ1n) is 11.4. The Labute approximate surface area is 180 Å². The number of rotatable bonds is 7. The molecule has 2 saturated heterocycles. The van der Waals surface area contributed by atoms with E-state index in [1.54, 1.807) is 0 Å². The number of hydrogen-bond donors (Lipinski definition) is 0. The van der Waals surface area contributed by atoms with Gasteiger partial charge < -0.3 is 9.64 Å². The van der Waals surface area contributed by atoms with Crippen molar-refractivity contribution >= 4 is 5.69 Å². The van der Waals surface area contributed by atoms with Crippen molar-refractivity contribution < 1.29 is 4.74 Å². The van der Waals surface area contributed by atoms with E-state index in [0.29, 0.717) is 5.92 Å². The summed E-state index contributed by atoms with van der Waals surface area (Å²) in [5, 5.41) is 12.8. The first-order chi connectivity index (χ1) is 14.5. The standard InChI is InChI=1S/C23H36N6O/c1-17(2)14-22(23-24-25-26-29(23)16-20-6-5-13-30-20)28-11-9-27(10-12-28)21-15-18(3)7-8-19(21)4/h7-8,15,17,20,22H,5-6,9-14,16H2,1-4H3/t20-,22-/m0/s1. The average molecular weight is 413 g/mol. The Balaban J connectivity index is 1.48. The van der Waals surface area contributed by atoms with Crippen LogP contribution in [0.4, 0.5) is 5.69 Å². The summed E-state index contributed by atoms with van der Waals surface area (Å²) in [6.07, 6.45) is 3.55. The number of benzene rings is 1. The third-order valence-corrected chi connectivity index (χ3v) is 6.41. The lowest BCUT2D eigenvalue weighted by atomic mass is 10.0. The van der Waals surface area contributed by atoms with Crippen LogP contribution < -0.4 is 4.90 Å². The molecule has 1 aromatic heterocycles. The fraction of sp³-hybridized carbons (Fsp3) is 0.696. The van der Waals surface area contributed by atoms with Crippen LogP contribution in [0.15, 0.2) is 18.2 Å². The molecule has 7 heteroatoms. The van der Waals surface area contributed by atoms with Crippen LogP contribution in [0, 0.1) is 19.8 Å². The normalized spacial score (nSPS) is 21.5. The Morgan fingerprint density at radius 1 is 1.13 bits per heavy atom. The maximum absolute atomic E-state index is 5.83. The largest absolute Gasteiger partial charge is 0.376 e. The Hall–Kier alpha value is -1.99. The second kappa shape index (κ2) is 9.43. The molecule has 0 N–H and O–H groups in total. The van der Waals surface area contributed by atoms with Crippen molar-refractivity contribution in [3.8, 4) is 0 Å². The quantitative estimate of drug-likeness (QED) is 0.695. The lowest BCUT2D eigenvalue weighted by Gasteiger charge is -2.40. The first-order valence-corrected chi connectivity index (χ1v) is 11.4. The van der Waals surface area contributed by atoms with Crippen LogP contribution in [-0.2, 0) is 11.3 Å². The van der Waals surface area contributed by atoms with Gasteiger partial charge in [-0.05, 0) is 66.6 Å². The van der Waals surface area contributed by atoms with Crippen LogP contribution >= 0.6 is 0 Å². The van der Waals surface area contributed by atoms with E-state index in [4.69, 9.17) is 4.74 Å². The highest BCUT2D eigenvalue weighted by Crippen LogP contribution is 2.30. The molecule has 7 nitrogen and oxygen atoms in total. The number of anilines is 1. The molecule has 0 aliphatic carbocycles. The Bertz CT molecular complexity index is 821. The maximum Gasteiger partial charge on any atom is 0.168 e. The Morgan fingerprint density at radius 3 is 2.63 bits per heavy atom. The van der Waals surface area contributed by atoms with Crippen molar-refractivity contribution in [2.45, 2.75) is 65.6 Å². The van der Waals surface area contributed by atoms with E-state index in [-0.39, 0.29) is 12.1 Å². The SMILES string of the molecule is Cc1ccc(C)c(N2CCN([C@@H](CC(C)C)c3nnnn3C[C@@H]3CCCO3)CC2)c1. The van der Waals surface area contributed by atoms with Crippen molar-refractivity contribution in [1.29, 1.82) is 0 Å². The molecule has 1 aromatic carbocycles. The molecule has 2 aliphatic heterocycles. The van der Waals surface area contributed by atoms with E-state index < -0.39 is 0 Å². The lowest BCUT2D eigenvalue weighted by Crippen LogP contribution is -2.48. The summed E-state index contributed by atoms with van der Waals surface area (Å²) < 4.78 is 7.83. The van der Waals surface area contributed by atoms with Gasteiger partial charge >= 0.3 is 0 Å². The molecule has 0 radical (unpaired) electrons. The molecular formula is C23H36N6O. The maximum atomic E-state index is 5.83. The van der Waals surface area contributed by atoms with Gasteiger partial charge in [0, 0.05) is 38.5 Å². The molecule has 0 unspecified atom stereocenters. The molecule has 2 aliphatic rings. The molecule has 0 saturated carbocycles.